The van der Waals surface area contributed by atoms with Crippen molar-refractivity contribution < 1.29 is 14.3 Å². The van der Waals surface area contributed by atoms with Crippen LogP contribution >= 0.6 is 0 Å². The van der Waals surface area contributed by atoms with E-state index in [1.54, 1.807) is 11.8 Å². The van der Waals surface area contributed by atoms with Gasteiger partial charge in [0.2, 0.25) is 5.91 Å². The SMILES string of the molecule is COC(=O)[C@H](C)[C@@H](C)N(Cc1ccccc1)C(=O)CN. The van der Waals surface area contributed by atoms with Gasteiger partial charge in [-0.05, 0) is 19.4 Å². The van der Waals surface area contributed by atoms with E-state index < -0.39 is 5.92 Å². The van der Waals surface area contributed by atoms with Gasteiger partial charge in [-0.1, -0.05) is 30.3 Å². The van der Waals surface area contributed by atoms with Gasteiger partial charge in [0.05, 0.1) is 19.6 Å². The third kappa shape index (κ3) is 4.06. The van der Waals surface area contributed by atoms with Gasteiger partial charge in [0.15, 0.2) is 0 Å². The number of nitrogens with zero attached hydrogens (tertiary/aromatic N) is 1. The average Bonchev–Trinajstić information content (AvgIpc) is 2.50. The minimum Gasteiger partial charge on any atom is -0.469 e. The molecule has 110 valence electrons. The van der Waals surface area contributed by atoms with Crippen LogP contribution in [-0.2, 0) is 20.9 Å². The van der Waals surface area contributed by atoms with Crippen molar-refractivity contribution in [2.45, 2.75) is 26.4 Å². The first-order chi connectivity index (χ1) is 9.51. The second-order valence-corrected chi connectivity index (χ2v) is 4.76. The van der Waals surface area contributed by atoms with Crippen LogP contribution in [0.1, 0.15) is 19.4 Å². The molecule has 2 N–H and O–H groups in total. The Labute approximate surface area is 119 Å². The minimum atomic E-state index is -0.404. The third-order valence-electron chi connectivity index (χ3n) is 3.48. The molecular formula is C15H22N2O3. The summed E-state index contributed by atoms with van der Waals surface area (Å²) in [6, 6.07) is 9.33. The molecule has 2 atom stereocenters. The summed E-state index contributed by atoms with van der Waals surface area (Å²) in [6.07, 6.45) is 0. The van der Waals surface area contributed by atoms with Gasteiger partial charge in [-0.15, -0.1) is 0 Å². The highest BCUT2D eigenvalue weighted by molar-refractivity contribution is 5.80. The first kappa shape index (κ1) is 16.2. The molecule has 0 aromatic heterocycles. The summed E-state index contributed by atoms with van der Waals surface area (Å²) in [7, 11) is 1.35. The van der Waals surface area contributed by atoms with Crippen molar-refractivity contribution in [2.75, 3.05) is 13.7 Å². The number of ether oxygens (including phenoxy) is 1. The normalized spacial score (nSPS) is 13.4. The lowest BCUT2D eigenvalue weighted by molar-refractivity contribution is -0.148. The Morgan fingerprint density at radius 3 is 2.35 bits per heavy atom. The molecule has 5 nitrogen and oxygen atoms in total. The Morgan fingerprint density at radius 2 is 1.85 bits per heavy atom. The van der Waals surface area contributed by atoms with E-state index in [1.165, 1.54) is 7.11 Å². The third-order valence-corrected chi connectivity index (χ3v) is 3.48. The van der Waals surface area contributed by atoms with E-state index in [4.69, 9.17) is 10.5 Å². The largest absolute Gasteiger partial charge is 0.469 e. The second kappa shape index (κ2) is 7.65. The molecular weight excluding hydrogens is 256 g/mol. The van der Waals surface area contributed by atoms with Crippen LogP contribution in [0.15, 0.2) is 30.3 Å². The van der Waals surface area contributed by atoms with E-state index in [0.29, 0.717) is 6.54 Å². The van der Waals surface area contributed by atoms with E-state index in [-0.39, 0.29) is 24.5 Å². The van der Waals surface area contributed by atoms with Crippen molar-refractivity contribution in [1.29, 1.82) is 0 Å². The van der Waals surface area contributed by atoms with E-state index in [9.17, 15) is 9.59 Å². The highest BCUT2D eigenvalue weighted by atomic mass is 16.5. The number of nitrogens with two attached hydrogens (primary N) is 1. The summed E-state index contributed by atoms with van der Waals surface area (Å²) < 4.78 is 4.74. The number of carbonyl (C=O) groups excluding carboxylic acids is 2. The van der Waals surface area contributed by atoms with Gasteiger partial charge < -0.3 is 15.4 Å². The Hall–Kier alpha value is -1.88. The van der Waals surface area contributed by atoms with Crippen molar-refractivity contribution in [1.82, 2.24) is 4.90 Å². The fourth-order valence-electron chi connectivity index (χ4n) is 2.01. The van der Waals surface area contributed by atoms with Crippen molar-refractivity contribution in [2.24, 2.45) is 11.7 Å². The molecule has 1 rings (SSSR count). The fraction of sp³-hybridized carbons (Fsp3) is 0.467. The lowest BCUT2D eigenvalue weighted by Crippen LogP contribution is -2.46. The predicted octanol–water partition coefficient (Wildman–Crippen LogP) is 1.17. The lowest BCUT2D eigenvalue weighted by Gasteiger charge is -2.32. The van der Waals surface area contributed by atoms with Crippen LogP contribution in [0, 0.1) is 5.92 Å². The van der Waals surface area contributed by atoms with Crippen molar-refractivity contribution in [3.05, 3.63) is 35.9 Å². The highest BCUT2D eigenvalue weighted by Gasteiger charge is 2.28. The summed E-state index contributed by atoms with van der Waals surface area (Å²) in [5.41, 5.74) is 6.46. The van der Waals surface area contributed by atoms with Crippen molar-refractivity contribution in [3.8, 4) is 0 Å². The number of carbonyl (C=O) groups is 2. The van der Waals surface area contributed by atoms with E-state index >= 15 is 0 Å². The van der Waals surface area contributed by atoms with Gasteiger partial charge in [0.1, 0.15) is 0 Å². The molecule has 0 aliphatic heterocycles. The van der Waals surface area contributed by atoms with Crippen LogP contribution in [0.4, 0.5) is 0 Å². The number of hydrogen-bond acceptors (Lipinski definition) is 4. The standard InChI is InChI=1S/C15H22N2O3/c1-11(15(19)20-3)12(2)17(14(18)9-16)10-13-7-5-4-6-8-13/h4-8,11-12H,9-10,16H2,1-3H3/t11-,12-/m1/s1. The van der Waals surface area contributed by atoms with Gasteiger partial charge in [0, 0.05) is 12.6 Å². The van der Waals surface area contributed by atoms with Gasteiger partial charge >= 0.3 is 5.97 Å². The predicted molar refractivity (Wildman–Crippen MR) is 76.7 cm³/mol. The summed E-state index contributed by atoms with van der Waals surface area (Å²) in [5.74, 6) is -0.920. The first-order valence-electron chi connectivity index (χ1n) is 6.62. The van der Waals surface area contributed by atoms with Crippen molar-refractivity contribution in [3.63, 3.8) is 0 Å². The maximum atomic E-state index is 12.0. The zero-order valence-corrected chi connectivity index (χ0v) is 12.2. The average molecular weight is 278 g/mol. The number of hydrogen-bond donors (Lipinski definition) is 1. The van der Waals surface area contributed by atoms with Crippen LogP contribution < -0.4 is 5.73 Å². The Bertz CT molecular complexity index is 448. The molecule has 1 aromatic rings. The Kier molecular flexibility index (Phi) is 6.18. The molecule has 1 amide bonds. The van der Waals surface area contributed by atoms with Gasteiger partial charge in [0.25, 0.3) is 0 Å². The molecule has 0 aliphatic carbocycles. The summed E-state index contributed by atoms with van der Waals surface area (Å²) >= 11 is 0. The van der Waals surface area contributed by atoms with E-state index in [0.717, 1.165) is 5.56 Å². The molecule has 0 radical (unpaired) electrons. The molecule has 20 heavy (non-hydrogen) atoms. The molecule has 0 bridgehead atoms. The van der Waals surface area contributed by atoms with E-state index in [2.05, 4.69) is 0 Å². The van der Waals surface area contributed by atoms with Crippen LogP contribution in [0.25, 0.3) is 0 Å². The molecule has 0 spiro atoms. The molecule has 5 heteroatoms. The molecule has 1 aromatic carbocycles. The zero-order valence-electron chi connectivity index (χ0n) is 12.2. The smallest absolute Gasteiger partial charge is 0.310 e. The number of amides is 1. The zero-order chi connectivity index (χ0) is 15.1. The maximum absolute atomic E-state index is 12.0. The Balaban J connectivity index is 2.89. The fourth-order valence-corrected chi connectivity index (χ4v) is 2.01. The minimum absolute atomic E-state index is 0.0783. The number of esters is 1. The van der Waals surface area contributed by atoms with Crippen LogP contribution in [0.2, 0.25) is 0 Å². The summed E-state index contributed by atoms with van der Waals surface area (Å²) in [6.45, 7) is 3.93. The van der Waals surface area contributed by atoms with Crippen molar-refractivity contribution >= 4 is 11.9 Å². The maximum Gasteiger partial charge on any atom is 0.310 e. The highest BCUT2D eigenvalue weighted by Crippen LogP contribution is 2.16. The first-order valence-corrected chi connectivity index (χ1v) is 6.62. The second-order valence-electron chi connectivity index (χ2n) is 4.76. The molecule has 0 saturated heterocycles. The molecule has 0 heterocycles. The number of benzene rings is 1. The lowest BCUT2D eigenvalue weighted by atomic mass is 10.0. The van der Waals surface area contributed by atoms with Crippen LogP contribution in [0.3, 0.4) is 0 Å². The molecule has 0 saturated carbocycles. The molecule has 0 unspecified atom stereocenters. The van der Waals surface area contributed by atoms with E-state index in [1.807, 2.05) is 37.3 Å². The van der Waals surface area contributed by atoms with Crippen LogP contribution in [0.5, 0.6) is 0 Å². The van der Waals surface area contributed by atoms with Crippen LogP contribution in [-0.4, -0.2) is 36.5 Å². The monoisotopic (exact) mass is 278 g/mol. The van der Waals surface area contributed by atoms with Gasteiger partial charge in [-0.3, -0.25) is 9.59 Å². The molecule has 0 aliphatic rings. The Morgan fingerprint density at radius 1 is 1.25 bits per heavy atom. The summed E-state index contributed by atoms with van der Waals surface area (Å²) in [4.78, 5) is 25.3. The summed E-state index contributed by atoms with van der Waals surface area (Å²) in [5, 5.41) is 0. The van der Waals surface area contributed by atoms with Gasteiger partial charge in [-0.2, -0.15) is 0 Å². The topological polar surface area (TPSA) is 72.6 Å². The molecule has 0 fully saturated rings. The van der Waals surface area contributed by atoms with Gasteiger partial charge in [-0.25, -0.2) is 0 Å². The number of methoxy groups -OCH3 is 1. The number of rotatable bonds is 6. The quantitative estimate of drug-likeness (QED) is 0.793.